The van der Waals surface area contributed by atoms with Crippen molar-refractivity contribution in [2.75, 3.05) is 0 Å². The molecule has 1 heterocycles. The first-order valence-electron chi connectivity index (χ1n) is 5.29. The average Bonchev–Trinajstić information content (AvgIpc) is 2.77. The Kier molecular flexibility index (Phi) is 3.10. The Bertz CT molecular complexity index is 608. The summed E-state index contributed by atoms with van der Waals surface area (Å²) in [6, 6.07) is 3.18. The molecule has 2 rings (SSSR count). The van der Waals surface area contributed by atoms with Crippen molar-refractivity contribution in [1.82, 2.24) is 9.78 Å². The van der Waals surface area contributed by atoms with Crippen molar-refractivity contribution in [1.29, 1.82) is 0 Å². The number of benzene rings is 1. The second-order valence-corrected chi connectivity index (χ2v) is 3.68. The third-order valence-corrected chi connectivity index (χ3v) is 2.51. The maximum Gasteiger partial charge on any atom is 0.339 e. The zero-order valence-corrected chi connectivity index (χ0v) is 9.52. The minimum atomic E-state index is -1.16. The number of carboxylic acids is 1. The lowest BCUT2D eigenvalue weighted by molar-refractivity contribution is 0.0697. The zero-order valence-electron chi connectivity index (χ0n) is 9.52. The molecule has 0 saturated carbocycles. The highest BCUT2D eigenvalue weighted by atomic mass is 19.2. The number of carboxylic acid groups (broad SMARTS) is 1. The van der Waals surface area contributed by atoms with Crippen LogP contribution in [0.1, 0.15) is 17.3 Å². The van der Waals surface area contributed by atoms with Gasteiger partial charge >= 0.3 is 5.97 Å². The normalized spacial score (nSPS) is 10.6. The molecule has 0 aliphatic carbocycles. The maximum absolute atomic E-state index is 13.1. The molecule has 0 atom stereocenters. The summed E-state index contributed by atoms with van der Waals surface area (Å²) in [5.41, 5.74) is 0.324. The van der Waals surface area contributed by atoms with Gasteiger partial charge in [-0.05, 0) is 25.1 Å². The molecule has 0 aliphatic rings. The van der Waals surface area contributed by atoms with Gasteiger partial charge in [0.15, 0.2) is 11.6 Å². The van der Waals surface area contributed by atoms with E-state index in [4.69, 9.17) is 5.11 Å². The molecule has 0 aliphatic heterocycles. The second-order valence-electron chi connectivity index (χ2n) is 3.68. The lowest BCUT2D eigenvalue weighted by Gasteiger charge is -2.00. The monoisotopic (exact) mass is 252 g/mol. The summed E-state index contributed by atoms with van der Waals surface area (Å²) in [7, 11) is 0. The fourth-order valence-electron chi connectivity index (χ4n) is 1.60. The first-order valence-corrected chi connectivity index (χ1v) is 5.29. The molecule has 0 fully saturated rings. The molecule has 0 unspecified atom stereocenters. The summed E-state index contributed by atoms with van der Waals surface area (Å²) >= 11 is 0. The van der Waals surface area contributed by atoms with Crippen molar-refractivity contribution in [3.05, 3.63) is 41.6 Å². The molecule has 6 heteroatoms. The van der Waals surface area contributed by atoms with Gasteiger partial charge in [0.05, 0.1) is 0 Å². The van der Waals surface area contributed by atoms with Gasteiger partial charge in [0.2, 0.25) is 0 Å². The molecule has 0 radical (unpaired) electrons. The number of hydrogen-bond donors (Lipinski definition) is 1. The highest BCUT2D eigenvalue weighted by molar-refractivity contribution is 5.94. The molecular formula is C12H10F2N2O2. The van der Waals surface area contributed by atoms with E-state index in [1.165, 1.54) is 16.9 Å². The van der Waals surface area contributed by atoms with E-state index in [-0.39, 0.29) is 16.8 Å². The van der Waals surface area contributed by atoms with E-state index in [9.17, 15) is 13.6 Å². The van der Waals surface area contributed by atoms with E-state index in [0.29, 0.717) is 6.54 Å². The van der Waals surface area contributed by atoms with Gasteiger partial charge in [-0.15, -0.1) is 0 Å². The van der Waals surface area contributed by atoms with Crippen LogP contribution in [-0.2, 0) is 6.54 Å². The third-order valence-electron chi connectivity index (χ3n) is 2.51. The highest BCUT2D eigenvalue weighted by Crippen LogP contribution is 2.24. The van der Waals surface area contributed by atoms with Crippen LogP contribution in [0.3, 0.4) is 0 Å². The first kappa shape index (κ1) is 12.2. The Hall–Kier alpha value is -2.24. The lowest BCUT2D eigenvalue weighted by atomic mass is 10.1. The van der Waals surface area contributed by atoms with Crippen molar-refractivity contribution >= 4 is 5.97 Å². The van der Waals surface area contributed by atoms with Crippen LogP contribution < -0.4 is 0 Å². The van der Waals surface area contributed by atoms with Gasteiger partial charge in [-0.25, -0.2) is 13.6 Å². The standard InChI is InChI=1S/C12H10F2N2O2/c1-2-16-6-8(12(17)18)11(15-16)7-3-4-9(13)10(14)5-7/h3-6H,2H2,1H3,(H,17,18). The average molecular weight is 252 g/mol. The molecule has 2 aromatic rings. The van der Waals surface area contributed by atoms with Gasteiger partial charge in [-0.1, -0.05) is 0 Å². The van der Waals surface area contributed by atoms with Crippen LogP contribution in [0.4, 0.5) is 8.78 Å². The van der Waals surface area contributed by atoms with Gasteiger partial charge in [0.25, 0.3) is 0 Å². The van der Waals surface area contributed by atoms with Gasteiger partial charge in [0, 0.05) is 18.3 Å². The van der Waals surface area contributed by atoms with E-state index in [1.54, 1.807) is 6.92 Å². The fourth-order valence-corrected chi connectivity index (χ4v) is 1.60. The van der Waals surface area contributed by atoms with Crippen molar-refractivity contribution in [3.63, 3.8) is 0 Å². The molecule has 0 bridgehead atoms. The van der Waals surface area contributed by atoms with Crippen LogP contribution >= 0.6 is 0 Å². The van der Waals surface area contributed by atoms with Crippen LogP contribution in [-0.4, -0.2) is 20.9 Å². The van der Waals surface area contributed by atoms with E-state index < -0.39 is 17.6 Å². The summed E-state index contributed by atoms with van der Waals surface area (Å²) in [4.78, 5) is 11.1. The Labute approximate surface area is 101 Å². The molecule has 0 amide bonds. The summed E-state index contributed by atoms with van der Waals surface area (Å²) in [6.45, 7) is 2.29. The molecule has 4 nitrogen and oxygen atoms in total. The van der Waals surface area contributed by atoms with E-state index in [1.807, 2.05) is 0 Å². The first-order chi connectivity index (χ1) is 8.52. The lowest BCUT2D eigenvalue weighted by Crippen LogP contribution is -1.97. The Morgan fingerprint density at radius 2 is 2.11 bits per heavy atom. The fraction of sp³-hybridized carbons (Fsp3) is 0.167. The number of aromatic nitrogens is 2. The highest BCUT2D eigenvalue weighted by Gasteiger charge is 2.17. The SMILES string of the molecule is CCn1cc(C(=O)O)c(-c2ccc(F)c(F)c2)n1. The van der Waals surface area contributed by atoms with Crippen LogP contribution in [0.2, 0.25) is 0 Å². The molecule has 1 aromatic heterocycles. The zero-order chi connectivity index (χ0) is 13.3. The molecule has 94 valence electrons. The van der Waals surface area contributed by atoms with E-state index >= 15 is 0 Å². The summed E-state index contributed by atoms with van der Waals surface area (Å²) in [5, 5.41) is 13.1. The number of carbonyl (C=O) groups is 1. The van der Waals surface area contributed by atoms with Gasteiger partial charge in [-0.2, -0.15) is 5.10 Å². The Morgan fingerprint density at radius 1 is 1.39 bits per heavy atom. The second kappa shape index (κ2) is 4.56. The number of rotatable bonds is 3. The quantitative estimate of drug-likeness (QED) is 0.913. The van der Waals surface area contributed by atoms with Gasteiger partial charge < -0.3 is 5.11 Å². The Morgan fingerprint density at radius 3 is 2.67 bits per heavy atom. The van der Waals surface area contributed by atoms with Gasteiger partial charge in [0.1, 0.15) is 11.3 Å². The van der Waals surface area contributed by atoms with E-state index in [0.717, 1.165) is 12.1 Å². The predicted octanol–water partition coefficient (Wildman–Crippen LogP) is 2.55. The molecule has 0 saturated heterocycles. The minimum Gasteiger partial charge on any atom is -0.478 e. The molecule has 0 spiro atoms. The number of nitrogens with zero attached hydrogens (tertiary/aromatic N) is 2. The predicted molar refractivity (Wildman–Crippen MR) is 60.2 cm³/mol. The summed E-state index contributed by atoms with van der Waals surface area (Å²) in [6.07, 6.45) is 1.36. The molecule has 1 N–H and O–H groups in total. The summed E-state index contributed by atoms with van der Waals surface area (Å²) < 4.78 is 27.4. The Balaban J connectivity index is 2.58. The summed E-state index contributed by atoms with van der Waals surface area (Å²) in [5.74, 6) is -3.17. The third kappa shape index (κ3) is 2.09. The van der Waals surface area contributed by atoms with Gasteiger partial charge in [-0.3, -0.25) is 4.68 Å². The van der Waals surface area contributed by atoms with Crippen molar-refractivity contribution in [2.24, 2.45) is 0 Å². The number of aromatic carboxylic acids is 1. The van der Waals surface area contributed by atoms with Crippen molar-refractivity contribution in [2.45, 2.75) is 13.5 Å². The van der Waals surface area contributed by atoms with Crippen molar-refractivity contribution in [3.8, 4) is 11.3 Å². The number of aryl methyl sites for hydroxylation is 1. The number of halogens is 2. The molecule has 18 heavy (non-hydrogen) atoms. The van der Waals surface area contributed by atoms with Crippen molar-refractivity contribution < 1.29 is 18.7 Å². The molecular weight excluding hydrogens is 242 g/mol. The van der Waals surface area contributed by atoms with Crippen LogP contribution in [0.25, 0.3) is 11.3 Å². The maximum atomic E-state index is 13.1. The number of hydrogen-bond acceptors (Lipinski definition) is 2. The van der Waals surface area contributed by atoms with Crippen LogP contribution in [0.15, 0.2) is 24.4 Å². The van der Waals surface area contributed by atoms with E-state index in [2.05, 4.69) is 5.10 Å². The van der Waals surface area contributed by atoms with Crippen LogP contribution in [0.5, 0.6) is 0 Å². The largest absolute Gasteiger partial charge is 0.478 e. The topological polar surface area (TPSA) is 55.1 Å². The van der Waals surface area contributed by atoms with Crippen LogP contribution in [0, 0.1) is 11.6 Å². The minimum absolute atomic E-state index is 0.0390. The smallest absolute Gasteiger partial charge is 0.339 e. The molecule has 1 aromatic carbocycles.